The van der Waals surface area contributed by atoms with Crippen LogP contribution in [0.3, 0.4) is 0 Å². The fourth-order valence-corrected chi connectivity index (χ4v) is 2.46. The largest absolute Gasteiger partial charge is 0.496 e. The highest BCUT2D eigenvalue weighted by atomic mass is 16.5. The Labute approximate surface area is 135 Å². The maximum absolute atomic E-state index is 10.7. The molecule has 0 fully saturated rings. The van der Waals surface area contributed by atoms with Crippen LogP contribution in [-0.2, 0) is 4.79 Å². The van der Waals surface area contributed by atoms with Gasteiger partial charge in [-0.25, -0.2) is 0 Å². The van der Waals surface area contributed by atoms with E-state index in [0.717, 1.165) is 36.3 Å². The molecule has 22 heavy (non-hydrogen) atoms. The average molecular weight is 303 g/mol. The molecule has 3 nitrogen and oxygen atoms in total. The van der Waals surface area contributed by atoms with Crippen molar-refractivity contribution in [2.24, 2.45) is 0 Å². The van der Waals surface area contributed by atoms with Gasteiger partial charge in [0.25, 0.3) is 0 Å². The SMILES string of the molecule is CCCCN(CCCC)c1ccc(C(C)=CC=O)c(OC)c1. The lowest BCUT2D eigenvalue weighted by atomic mass is 10.0. The smallest absolute Gasteiger partial charge is 0.143 e. The number of rotatable bonds is 10. The van der Waals surface area contributed by atoms with Crippen molar-refractivity contribution in [2.75, 3.05) is 25.1 Å². The van der Waals surface area contributed by atoms with Gasteiger partial charge in [-0.15, -0.1) is 0 Å². The first-order valence-corrected chi connectivity index (χ1v) is 8.23. The summed E-state index contributed by atoms with van der Waals surface area (Å²) in [4.78, 5) is 13.1. The van der Waals surface area contributed by atoms with Gasteiger partial charge in [0, 0.05) is 30.4 Å². The number of hydrogen-bond donors (Lipinski definition) is 0. The molecule has 0 aromatic heterocycles. The number of hydrogen-bond acceptors (Lipinski definition) is 3. The number of aldehydes is 1. The zero-order chi connectivity index (χ0) is 16.4. The van der Waals surface area contributed by atoms with E-state index in [4.69, 9.17) is 4.74 Å². The summed E-state index contributed by atoms with van der Waals surface area (Å²) in [5.41, 5.74) is 3.10. The van der Waals surface area contributed by atoms with E-state index in [9.17, 15) is 4.79 Å². The molecule has 0 saturated carbocycles. The van der Waals surface area contributed by atoms with Crippen LogP contribution in [-0.4, -0.2) is 26.5 Å². The second kappa shape index (κ2) is 10.0. The Morgan fingerprint density at radius 1 is 1.18 bits per heavy atom. The third kappa shape index (κ3) is 5.21. The van der Waals surface area contributed by atoms with E-state index in [1.807, 2.05) is 13.0 Å². The van der Waals surface area contributed by atoms with Crippen molar-refractivity contribution in [1.82, 2.24) is 0 Å². The Morgan fingerprint density at radius 3 is 2.32 bits per heavy atom. The van der Waals surface area contributed by atoms with Crippen LogP contribution in [0.15, 0.2) is 24.3 Å². The van der Waals surface area contributed by atoms with Gasteiger partial charge in [-0.05, 0) is 43.5 Å². The maximum Gasteiger partial charge on any atom is 0.143 e. The third-order valence-electron chi connectivity index (χ3n) is 3.86. The van der Waals surface area contributed by atoms with Gasteiger partial charge in [0.1, 0.15) is 12.0 Å². The van der Waals surface area contributed by atoms with Crippen LogP contribution in [0.4, 0.5) is 5.69 Å². The molecule has 122 valence electrons. The van der Waals surface area contributed by atoms with E-state index in [2.05, 4.69) is 30.9 Å². The van der Waals surface area contributed by atoms with Crippen molar-refractivity contribution < 1.29 is 9.53 Å². The number of carbonyl (C=O) groups is 1. The zero-order valence-electron chi connectivity index (χ0n) is 14.4. The number of carbonyl (C=O) groups excluding carboxylic acids is 1. The summed E-state index contributed by atoms with van der Waals surface area (Å²) in [6.07, 6.45) is 7.16. The molecule has 3 heteroatoms. The number of anilines is 1. The van der Waals surface area contributed by atoms with Crippen LogP contribution in [0.1, 0.15) is 52.0 Å². The summed E-state index contributed by atoms with van der Waals surface area (Å²) in [6, 6.07) is 6.27. The van der Waals surface area contributed by atoms with Crippen LogP contribution in [0, 0.1) is 0 Å². The van der Waals surface area contributed by atoms with E-state index in [-0.39, 0.29) is 0 Å². The predicted octanol–water partition coefficient (Wildman–Crippen LogP) is 4.70. The lowest BCUT2D eigenvalue weighted by Gasteiger charge is -2.25. The minimum absolute atomic E-state index is 0.817. The van der Waals surface area contributed by atoms with Gasteiger partial charge in [-0.3, -0.25) is 4.79 Å². The zero-order valence-corrected chi connectivity index (χ0v) is 14.4. The fourth-order valence-electron chi connectivity index (χ4n) is 2.46. The van der Waals surface area contributed by atoms with Crippen molar-refractivity contribution >= 4 is 17.5 Å². The number of methoxy groups -OCH3 is 1. The molecule has 0 N–H and O–H groups in total. The number of unbranched alkanes of at least 4 members (excludes halogenated alkanes) is 2. The maximum atomic E-state index is 10.7. The summed E-state index contributed by atoms with van der Waals surface area (Å²) in [5.74, 6) is 0.825. The minimum Gasteiger partial charge on any atom is -0.496 e. The average Bonchev–Trinajstić information content (AvgIpc) is 2.54. The van der Waals surface area contributed by atoms with Crippen molar-refractivity contribution in [2.45, 2.75) is 46.5 Å². The van der Waals surface area contributed by atoms with Gasteiger partial charge in [0.05, 0.1) is 7.11 Å². The Bertz CT molecular complexity index is 486. The van der Waals surface area contributed by atoms with Gasteiger partial charge in [-0.2, -0.15) is 0 Å². The van der Waals surface area contributed by atoms with Gasteiger partial charge in [0.2, 0.25) is 0 Å². The molecule has 0 atom stereocenters. The second-order valence-corrected chi connectivity index (χ2v) is 5.56. The Hall–Kier alpha value is -1.77. The van der Waals surface area contributed by atoms with Gasteiger partial charge in [-0.1, -0.05) is 26.7 Å². The molecule has 0 radical (unpaired) electrons. The van der Waals surface area contributed by atoms with E-state index in [1.54, 1.807) is 13.2 Å². The number of benzene rings is 1. The first-order valence-electron chi connectivity index (χ1n) is 8.23. The Kier molecular flexibility index (Phi) is 8.34. The standard InChI is InChI=1S/C19H29NO2/c1-5-7-12-20(13-8-6-2)17-9-10-18(16(3)11-14-21)19(15-17)22-4/h9-11,14-15H,5-8,12-13H2,1-4H3. The normalized spacial score (nSPS) is 11.4. The molecular formula is C19H29NO2. The molecule has 0 spiro atoms. The first-order chi connectivity index (χ1) is 10.7. The summed E-state index contributed by atoms with van der Waals surface area (Å²) in [7, 11) is 1.68. The molecule has 1 rings (SSSR count). The topological polar surface area (TPSA) is 29.5 Å². The quantitative estimate of drug-likeness (QED) is 0.463. The number of nitrogens with zero attached hydrogens (tertiary/aromatic N) is 1. The molecule has 0 heterocycles. The van der Waals surface area contributed by atoms with Gasteiger partial charge < -0.3 is 9.64 Å². The predicted molar refractivity (Wildman–Crippen MR) is 94.7 cm³/mol. The molecule has 0 aliphatic heterocycles. The molecule has 0 aliphatic rings. The van der Waals surface area contributed by atoms with Crippen molar-refractivity contribution in [3.8, 4) is 5.75 Å². The molecule has 1 aromatic rings. The molecule has 1 aromatic carbocycles. The van der Waals surface area contributed by atoms with Crippen molar-refractivity contribution in [3.63, 3.8) is 0 Å². The fraction of sp³-hybridized carbons (Fsp3) is 0.526. The highest BCUT2D eigenvalue weighted by Gasteiger charge is 2.11. The minimum atomic E-state index is 0.817. The molecule has 0 unspecified atom stereocenters. The first kappa shape index (κ1) is 18.3. The lowest BCUT2D eigenvalue weighted by Crippen LogP contribution is -2.25. The van der Waals surface area contributed by atoms with E-state index in [1.165, 1.54) is 31.4 Å². The molecule has 0 amide bonds. The van der Waals surface area contributed by atoms with Gasteiger partial charge >= 0.3 is 0 Å². The molecule has 0 saturated heterocycles. The highest BCUT2D eigenvalue weighted by molar-refractivity contribution is 5.83. The van der Waals surface area contributed by atoms with Crippen molar-refractivity contribution in [1.29, 1.82) is 0 Å². The third-order valence-corrected chi connectivity index (χ3v) is 3.86. The molecular weight excluding hydrogens is 274 g/mol. The van der Waals surface area contributed by atoms with E-state index < -0.39 is 0 Å². The summed E-state index contributed by atoms with van der Waals surface area (Å²) >= 11 is 0. The number of allylic oxidation sites excluding steroid dienone is 2. The van der Waals surface area contributed by atoms with Gasteiger partial charge in [0.15, 0.2) is 0 Å². The Balaban J connectivity index is 3.06. The second-order valence-electron chi connectivity index (χ2n) is 5.56. The highest BCUT2D eigenvalue weighted by Crippen LogP contribution is 2.30. The van der Waals surface area contributed by atoms with E-state index in [0.29, 0.717) is 0 Å². The van der Waals surface area contributed by atoms with E-state index >= 15 is 0 Å². The van der Waals surface area contributed by atoms with Crippen LogP contribution in [0.2, 0.25) is 0 Å². The van der Waals surface area contributed by atoms with Crippen LogP contribution < -0.4 is 9.64 Å². The summed E-state index contributed by atoms with van der Waals surface area (Å²) in [6.45, 7) is 8.51. The van der Waals surface area contributed by atoms with Crippen molar-refractivity contribution in [3.05, 3.63) is 29.8 Å². The molecule has 0 bridgehead atoms. The monoisotopic (exact) mass is 303 g/mol. The van der Waals surface area contributed by atoms with Crippen LogP contribution in [0.5, 0.6) is 5.75 Å². The molecule has 0 aliphatic carbocycles. The lowest BCUT2D eigenvalue weighted by molar-refractivity contribution is -0.104. The summed E-state index contributed by atoms with van der Waals surface area (Å²) < 4.78 is 5.53. The summed E-state index contributed by atoms with van der Waals surface area (Å²) in [5, 5.41) is 0. The number of ether oxygens (including phenoxy) is 1. The van der Waals surface area contributed by atoms with Crippen LogP contribution in [0.25, 0.3) is 5.57 Å². The van der Waals surface area contributed by atoms with Crippen LogP contribution >= 0.6 is 0 Å². The Morgan fingerprint density at radius 2 is 1.82 bits per heavy atom.